The third-order valence-electron chi connectivity index (χ3n) is 2.73. The first-order valence-corrected chi connectivity index (χ1v) is 6.53. The number of likely N-dealkylation sites (tertiary alicyclic amines) is 1. The summed E-state index contributed by atoms with van der Waals surface area (Å²) >= 11 is 1.16. The lowest BCUT2D eigenvalue weighted by Gasteiger charge is -2.22. The first kappa shape index (κ1) is 14.6. The number of rotatable bonds is 5. The van der Waals surface area contributed by atoms with Gasteiger partial charge in [-0.25, -0.2) is 4.79 Å². The van der Waals surface area contributed by atoms with Crippen LogP contribution >= 0.6 is 11.8 Å². The summed E-state index contributed by atoms with van der Waals surface area (Å²) in [5.41, 5.74) is 0. The van der Waals surface area contributed by atoms with Crippen molar-refractivity contribution in [2.45, 2.75) is 25.8 Å². The van der Waals surface area contributed by atoms with E-state index < -0.39 is 12.0 Å². The summed E-state index contributed by atoms with van der Waals surface area (Å²) < 4.78 is 0. The molecule has 2 atom stereocenters. The van der Waals surface area contributed by atoms with Gasteiger partial charge in [-0.1, -0.05) is 11.8 Å². The molecule has 0 aromatic rings. The van der Waals surface area contributed by atoms with Gasteiger partial charge in [0.05, 0.1) is 0 Å². The highest BCUT2D eigenvalue weighted by Crippen LogP contribution is 2.25. The van der Waals surface area contributed by atoms with Crippen LogP contribution < -0.4 is 0 Å². The molecule has 5 nitrogen and oxygen atoms in total. The van der Waals surface area contributed by atoms with Crippen molar-refractivity contribution in [3.63, 3.8) is 0 Å². The molecular formula is C12H15NO4S. The predicted molar refractivity (Wildman–Crippen MR) is 67.8 cm³/mol. The second-order valence-electron chi connectivity index (χ2n) is 4.18. The van der Waals surface area contributed by atoms with Gasteiger partial charge in [-0.3, -0.25) is 9.59 Å². The third kappa shape index (κ3) is 3.77. The van der Waals surface area contributed by atoms with E-state index in [4.69, 9.17) is 11.5 Å². The van der Waals surface area contributed by atoms with Crippen LogP contribution in [0.2, 0.25) is 0 Å². The number of aliphatic carboxylic acids is 1. The molecule has 1 rings (SSSR count). The normalized spacial score (nSPS) is 20.6. The summed E-state index contributed by atoms with van der Waals surface area (Å²) in [6.07, 6.45) is 5.41. The van der Waals surface area contributed by atoms with E-state index in [-0.39, 0.29) is 29.8 Å². The lowest BCUT2D eigenvalue weighted by Crippen LogP contribution is -2.42. The van der Waals surface area contributed by atoms with Crippen LogP contribution in [0.15, 0.2) is 0 Å². The Hall–Kier alpha value is -1.48. The first-order chi connectivity index (χ1) is 8.45. The zero-order valence-electron chi connectivity index (χ0n) is 10.1. The van der Waals surface area contributed by atoms with E-state index in [1.807, 2.05) is 0 Å². The molecule has 1 aliphatic heterocycles. The fourth-order valence-corrected chi connectivity index (χ4v) is 2.59. The van der Waals surface area contributed by atoms with Crippen LogP contribution in [-0.4, -0.2) is 45.3 Å². The standard InChI is InChI=1S/C12H15NO4S/c1-3-4-10(12(16)17)13-6-9(5-11(13)15)7-18-8(2)14/h1,9-10H,4-7H2,2H3,(H,16,17). The van der Waals surface area contributed by atoms with E-state index in [2.05, 4.69) is 5.92 Å². The van der Waals surface area contributed by atoms with E-state index in [9.17, 15) is 14.4 Å². The Balaban J connectivity index is 2.63. The lowest BCUT2D eigenvalue weighted by molar-refractivity contribution is -0.148. The van der Waals surface area contributed by atoms with E-state index in [1.165, 1.54) is 11.8 Å². The summed E-state index contributed by atoms with van der Waals surface area (Å²) in [6, 6.07) is -0.949. The maximum Gasteiger partial charge on any atom is 0.327 e. The topological polar surface area (TPSA) is 74.7 Å². The molecule has 1 heterocycles. The van der Waals surface area contributed by atoms with Crippen LogP contribution in [0.4, 0.5) is 0 Å². The Morgan fingerprint density at radius 3 is 2.83 bits per heavy atom. The SMILES string of the molecule is C#CCC(C(=O)O)N1CC(CSC(C)=O)CC1=O. The molecule has 0 spiro atoms. The minimum atomic E-state index is -1.08. The molecule has 6 heteroatoms. The number of hydrogen-bond acceptors (Lipinski definition) is 4. The van der Waals surface area contributed by atoms with Gasteiger partial charge >= 0.3 is 5.97 Å². The Morgan fingerprint density at radius 1 is 1.67 bits per heavy atom. The number of carboxylic acid groups (broad SMARTS) is 1. The number of carbonyl (C=O) groups excluding carboxylic acids is 2. The number of carboxylic acids is 1. The molecule has 1 fully saturated rings. The highest BCUT2D eigenvalue weighted by Gasteiger charge is 2.37. The molecule has 1 aliphatic rings. The number of hydrogen-bond donors (Lipinski definition) is 1. The summed E-state index contributed by atoms with van der Waals surface area (Å²) in [5.74, 6) is 1.55. The third-order valence-corrected chi connectivity index (χ3v) is 3.78. The Kier molecular flexibility index (Phi) is 5.23. The molecule has 0 aliphatic carbocycles. The van der Waals surface area contributed by atoms with Crippen LogP contribution in [0.5, 0.6) is 0 Å². The predicted octanol–water partition coefficient (Wildman–Crippen LogP) is 0.591. The second-order valence-corrected chi connectivity index (χ2v) is 5.38. The minimum Gasteiger partial charge on any atom is -0.480 e. The number of thioether (sulfide) groups is 1. The smallest absolute Gasteiger partial charge is 0.327 e. The van der Waals surface area contributed by atoms with Gasteiger partial charge in [0.15, 0.2) is 5.12 Å². The zero-order chi connectivity index (χ0) is 13.7. The number of amides is 1. The summed E-state index contributed by atoms with van der Waals surface area (Å²) in [5, 5.41) is 9.04. The number of nitrogens with zero attached hydrogens (tertiary/aromatic N) is 1. The van der Waals surface area contributed by atoms with Crippen molar-refractivity contribution >= 4 is 28.8 Å². The molecule has 1 N–H and O–H groups in total. The quantitative estimate of drug-likeness (QED) is 0.739. The summed E-state index contributed by atoms with van der Waals surface area (Å²) in [4.78, 5) is 35.0. The maximum atomic E-state index is 11.7. The Bertz CT molecular complexity index is 401. The van der Waals surface area contributed by atoms with E-state index >= 15 is 0 Å². The molecule has 0 radical (unpaired) electrons. The van der Waals surface area contributed by atoms with E-state index in [1.54, 1.807) is 0 Å². The van der Waals surface area contributed by atoms with Crippen molar-refractivity contribution in [3.05, 3.63) is 0 Å². The average Bonchev–Trinajstić information content (AvgIpc) is 2.64. The van der Waals surface area contributed by atoms with Gasteiger partial charge in [0.2, 0.25) is 5.91 Å². The number of terminal acetylenes is 1. The molecule has 0 aromatic carbocycles. The molecule has 0 saturated carbocycles. The van der Waals surface area contributed by atoms with Crippen molar-refractivity contribution in [2.24, 2.45) is 5.92 Å². The maximum absolute atomic E-state index is 11.7. The van der Waals surface area contributed by atoms with Crippen LogP contribution in [0.1, 0.15) is 19.8 Å². The zero-order valence-corrected chi connectivity index (χ0v) is 10.9. The highest BCUT2D eigenvalue weighted by atomic mass is 32.2. The van der Waals surface area contributed by atoms with Crippen molar-refractivity contribution in [2.75, 3.05) is 12.3 Å². The molecule has 2 unspecified atom stereocenters. The average molecular weight is 269 g/mol. The molecule has 1 amide bonds. The fourth-order valence-electron chi connectivity index (χ4n) is 1.90. The van der Waals surface area contributed by atoms with Crippen LogP contribution in [0.3, 0.4) is 0 Å². The molecule has 98 valence electrons. The monoisotopic (exact) mass is 269 g/mol. The number of carbonyl (C=O) groups is 3. The largest absolute Gasteiger partial charge is 0.480 e. The molecule has 18 heavy (non-hydrogen) atoms. The minimum absolute atomic E-state index is 0.000640. The second kappa shape index (κ2) is 6.45. The van der Waals surface area contributed by atoms with Crippen LogP contribution in [0, 0.1) is 18.3 Å². The fraction of sp³-hybridized carbons (Fsp3) is 0.583. The first-order valence-electron chi connectivity index (χ1n) is 5.54. The Labute approximate surface area is 110 Å². The van der Waals surface area contributed by atoms with Gasteiger partial charge in [0, 0.05) is 32.1 Å². The van der Waals surface area contributed by atoms with Crippen LogP contribution in [-0.2, 0) is 14.4 Å². The van der Waals surface area contributed by atoms with Crippen molar-refractivity contribution in [3.8, 4) is 12.3 Å². The van der Waals surface area contributed by atoms with E-state index in [0.29, 0.717) is 12.3 Å². The van der Waals surface area contributed by atoms with Gasteiger partial charge in [-0.05, 0) is 5.92 Å². The molecule has 0 bridgehead atoms. The summed E-state index contributed by atoms with van der Waals surface area (Å²) in [7, 11) is 0. The lowest BCUT2D eigenvalue weighted by atomic mass is 10.1. The molecule has 0 aromatic heterocycles. The van der Waals surface area contributed by atoms with Crippen LogP contribution in [0.25, 0.3) is 0 Å². The van der Waals surface area contributed by atoms with Gasteiger partial charge in [-0.2, -0.15) is 0 Å². The van der Waals surface area contributed by atoms with Gasteiger partial charge in [-0.15, -0.1) is 12.3 Å². The van der Waals surface area contributed by atoms with Gasteiger partial charge in [0.25, 0.3) is 0 Å². The van der Waals surface area contributed by atoms with Gasteiger partial charge < -0.3 is 10.0 Å². The molecule has 1 saturated heterocycles. The Morgan fingerprint density at radius 2 is 2.33 bits per heavy atom. The van der Waals surface area contributed by atoms with Gasteiger partial charge in [0.1, 0.15) is 6.04 Å². The van der Waals surface area contributed by atoms with Crippen molar-refractivity contribution in [1.82, 2.24) is 4.90 Å². The summed E-state index contributed by atoms with van der Waals surface area (Å²) in [6.45, 7) is 1.83. The highest BCUT2D eigenvalue weighted by molar-refractivity contribution is 8.13. The van der Waals surface area contributed by atoms with E-state index in [0.717, 1.165) is 11.8 Å². The van der Waals surface area contributed by atoms with Crippen molar-refractivity contribution in [1.29, 1.82) is 0 Å². The van der Waals surface area contributed by atoms with Crippen molar-refractivity contribution < 1.29 is 19.5 Å². The molecular weight excluding hydrogens is 254 g/mol.